The first kappa shape index (κ1) is 18.0. The molecule has 2 aromatic heterocycles. The average molecular weight is 369 g/mol. The van der Waals surface area contributed by atoms with Crippen molar-refractivity contribution in [2.75, 3.05) is 0 Å². The van der Waals surface area contributed by atoms with Gasteiger partial charge in [0.2, 0.25) is 5.91 Å². The molecule has 1 aliphatic rings. The predicted octanol–water partition coefficient (Wildman–Crippen LogP) is 3.19. The number of pyridine rings is 1. The Bertz CT molecular complexity index is 921. The fourth-order valence-corrected chi connectivity index (χ4v) is 3.25. The lowest BCUT2D eigenvalue weighted by atomic mass is 10.0. The second-order valence-electron chi connectivity index (χ2n) is 6.21. The summed E-state index contributed by atoms with van der Waals surface area (Å²) in [6.07, 6.45) is 4.51. The fourth-order valence-electron chi connectivity index (χ4n) is 2.72. The highest BCUT2D eigenvalue weighted by Crippen LogP contribution is 2.26. The van der Waals surface area contributed by atoms with E-state index in [1.54, 1.807) is 0 Å². The van der Waals surface area contributed by atoms with Gasteiger partial charge in [0.15, 0.2) is 0 Å². The number of hydrogen-bond donors (Lipinski definition) is 2. The molecule has 134 valence electrons. The molecule has 1 aliphatic carbocycles. The van der Waals surface area contributed by atoms with Crippen LogP contribution in [-0.4, -0.2) is 32.9 Å². The van der Waals surface area contributed by atoms with Gasteiger partial charge >= 0.3 is 0 Å². The molecular formula is C19H19N3O3S. The molecule has 1 saturated carbocycles. The summed E-state index contributed by atoms with van der Waals surface area (Å²) in [7, 11) is 0. The highest BCUT2D eigenvalue weighted by molar-refractivity contribution is 7.03. The highest BCUT2D eigenvalue weighted by atomic mass is 32.1. The number of amides is 1. The normalized spacial score (nSPS) is 13.0. The Balaban J connectivity index is 0.000000613. The molecule has 26 heavy (non-hydrogen) atoms. The van der Waals surface area contributed by atoms with Crippen LogP contribution >= 0.6 is 11.5 Å². The Morgan fingerprint density at radius 2 is 2.15 bits per heavy atom. The number of nitrogens with one attached hydrogen (secondary N) is 1. The van der Waals surface area contributed by atoms with Crippen molar-refractivity contribution in [3.63, 3.8) is 0 Å². The molecule has 2 N–H and O–H groups in total. The van der Waals surface area contributed by atoms with Gasteiger partial charge in [0.05, 0.1) is 23.8 Å². The van der Waals surface area contributed by atoms with E-state index in [1.807, 2.05) is 23.7 Å². The molecule has 4 rings (SSSR count). The molecule has 2 heterocycles. The number of benzene rings is 1. The van der Waals surface area contributed by atoms with Crippen molar-refractivity contribution >= 4 is 34.8 Å². The van der Waals surface area contributed by atoms with Crippen LogP contribution in [0.3, 0.4) is 0 Å². The van der Waals surface area contributed by atoms with Gasteiger partial charge in [-0.25, -0.2) is 9.36 Å². The molecule has 0 radical (unpaired) electrons. The third-order valence-electron chi connectivity index (χ3n) is 4.12. The molecule has 1 fully saturated rings. The van der Waals surface area contributed by atoms with E-state index in [1.165, 1.54) is 17.1 Å². The van der Waals surface area contributed by atoms with Gasteiger partial charge in [0, 0.05) is 22.4 Å². The summed E-state index contributed by atoms with van der Waals surface area (Å²) in [6, 6.07) is 8.58. The van der Waals surface area contributed by atoms with Gasteiger partial charge in [-0.05, 0) is 60.6 Å². The number of fused-ring (bicyclic) bond motifs is 1. The molecular weight excluding hydrogens is 350 g/mol. The van der Waals surface area contributed by atoms with Crippen LogP contribution < -0.4 is 5.32 Å². The molecule has 6 nitrogen and oxygen atoms in total. The minimum atomic E-state index is -0.250. The van der Waals surface area contributed by atoms with Gasteiger partial charge in [0.1, 0.15) is 0 Å². The van der Waals surface area contributed by atoms with Crippen molar-refractivity contribution in [3.8, 4) is 11.3 Å². The van der Waals surface area contributed by atoms with E-state index in [2.05, 4.69) is 28.7 Å². The van der Waals surface area contributed by atoms with Crippen LogP contribution in [0.5, 0.6) is 0 Å². The van der Waals surface area contributed by atoms with E-state index < -0.39 is 0 Å². The number of carboxylic acid groups (broad SMARTS) is 1. The quantitative estimate of drug-likeness (QED) is 0.689. The number of carbonyl (C=O) groups is 2. The van der Waals surface area contributed by atoms with Gasteiger partial charge in [-0.3, -0.25) is 9.59 Å². The smallest absolute Gasteiger partial charge is 0.290 e. The Morgan fingerprint density at radius 1 is 1.38 bits per heavy atom. The van der Waals surface area contributed by atoms with E-state index in [9.17, 15) is 4.79 Å². The van der Waals surface area contributed by atoms with Gasteiger partial charge in [0.25, 0.3) is 6.47 Å². The second-order valence-corrected chi connectivity index (χ2v) is 6.87. The maximum absolute atomic E-state index is 12.0. The van der Waals surface area contributed by atoms with E-state index in [0.717, 1.165) is 40.6 Å². The summed E-state index contributed by atoms with van der Waals surface area (Å²) >= 11 is 1.43. The molecule has 0 aliphatic heterocycles. The first-order chi connectivity index (χ1) is 12.6. The number of aryl methyl sites for hydroxylation is 1. The van der Waals surface area contributed by atoms with E-state index >= 15 is 0 Å². The lowest BCUT2D eigenvalue weighted by Crippen LogP contribution is -2.26. The molecule has 0 unspecified atom stereocenters. The summed E-state index contributed by atoms with van der Waals surface area (Å²) in [5, 5.41) is 13.0. The van der Waals surface area contributed by atoms with Crippen molar-refractivity contribution in [3.05, 3.63) is 47.0 Å². The minimum Gasteiger partial charge on any atom is -0.483 e. The molecule has 0 spiro atoms. The largest absolute Gasteiger partial charge is 0.483 e. The zero-order valence-corrected chi connectivity index (χ0v) is 15.1. The van der Waals surface area contributed by atoms with Crippen LogP contribution in [0.2, 0.25) is 0 Å². The Kier molecular flexibility index (Phi) is 5.58. The monoisotopic (exact) mass is 369 g/mol. The maximum Gasteiger partial charge on any atom is 0.290 e. The minimum absolute atomic E-state index is 0.110. The Hall–Kier alpha value is -2.80. The van der Waals surface area contributed by atoms with Gasteiger partial charge in [-0.15, -0.1) is 0 Å². The number of aromatic nitrogens is 2. The van der Waals surface area contributed by atoms with E-state index in [0.29, 0.717) is 12.5 Å². The summed E-state index contributed by atoms with van der Waals surface area (Å²) in [5.41, 5.74) is 5.15. The second kappa shape index (κ2) is 8.05. The number of nitrogens with zero attached hydrogens (tertiary/aromatic N) is 2. The number of hydrogen-bond acceptors (Lipinski definition) is 5. The van der Waals surface area contributed by atoms with Crippen molar-refractivity contribution in [2.45, 2.75) is 32.2 Å². The third kappa shape index (κ3) is 4.43. The number of carbonyl (C=O) groups excluding carboxylic acids is 1. The highest BCUT2D eigenvalue weighted by Gasteiger charge is 2.23. The zero-order chi connectivity index (χ0) is 18.5. The molecule has 3 aromatic rings. The van der Waals surface area contributed by atoms with Crippen LogP contribution in [0.25, 0.3) is 22.2 Å². The van der Waals surface area contributed by atoms with Crippen molar-refractivity contribution in [1.29, 1.82) is 0 Å². The van der Waals surface area contributed by atoms with Crippen LogP contribution in [0.4, 0.5) is 0 Å². The fraction of sp³-hybridized carbons (Fsp3) is 0.263. The third-order valence-corrected chi connectivity index (χ3v) is 4.70. The Morgan fingerprint density at radius 3 is 2.81 bits per heavy atom. The molecule has 7 heteroatoms. The maximum atomic E-state index is 12.0. The zero-order valence-electron chi connectivity index (χ0n) is 14.3. The molecule has 1 aromatic carbocycles. The average Bonchev–Trinajstić information content (AvgIpc) is 3.24. The standard InChI is InChI=1S/C18H17N3OS.CH2O2/c1-11-6-17(13-9-19-23-10-13)21-16-5-2-12(7-15(11)16)8-18(22)20-14-3-4-14;2-1-3/h2,5-7,9-10,14H,3-4,8H2,1H3,(H,20,22);1H,(H,2,3). The van der Waals surface area contributed by atoms with Gasteiger partial charge in [-0.2, -0.15) is 0 Å². The van der Waals surface area contributed by atoms with Gasteiger partial charge in [-0.1, -0.05) is 6.07 Å². The first-order valence-corrected chi connectivity index (χ1v) is 9.11. The molecule has 0 atom stereocenters. The molecule has 0 saturated heterocycles. The van der Waals surface area contributed by atoms with Crippen LogP contribution in [-0.2, 0) is 16.0 Å². The molecule has 0 bridgehead atoms. The van der Waals surface area contributed by atoms with Crippen LogP contribution in [0.15, 0.2) is 35.8 Å². The summed E-state index contributed by atoms with van der Waals surface area (Å²) in [5.74, 6) is 0.110. The Labute approximate surface area is 155 Å². The lowest BCUT2D eigenvalue weighted by molar-refractivity contribution is -0.123. The first-order valence-electron chi connectivity index (χ1n) is 8.28. The summed E-state index contributed by atoms with van der Waals surface area (Å²) in [4.78, 5) is 25.0. The van der Waals surface area contributed by atoms with Crippen molar-refractivity contribution in [1.82, 2.24) is 14.7 Å². The topological polar surface area (TPSA) is 92.2 Å². The number of rotatable bonds is 4. The van der Waals surface area contributed by atoms with E-state index in [-0.39, 0.29) is 12.4 Å². The summed E-state index contributed by atoms with van der Waals surface area (Å²) < 4.78 is 4.14. The molecule has 1 amide bonds. The van der Waals surface area contributed by atoms with Crippen molar-refractivity contribution < 1.29 is 14.7 Å². The van der Waals surface area contributed by atoms with Gasteiger partial charge < -0.3 is 10.4 Å². The predicted molar refractivity (Wildman–Crippen MR) is 101 cm³/mol. The van der Waals surface area contributed by atoms with Crippen molar-refractivity contribution in [2.24, 2.45) is 0 Å². The lowest BCUT2D eigenvalue weighted by Gasteiger charge is -2.08. The van der Waals surface area contributed by atoms with Crippen LogP contribution in [0, 0.1) is 6.92 Å². The van der Waals surface area contributed by atoms with E-state index in [4.69, 9.17) is 14.9 Å². The SMILES string of the molecule is Cc1cc(-c2cnsc2)nc2ccc(CC(=O)NC3CC3)cc12.O=CO. The van der Waals surface area contributed by atoms with Crippen LogP contribution in [0.1, 0.15) is 24.0 Å². The summed E-state index contributed by atoms with van der Waals surface area (Å²) in [6.45, 7) is 1.83.